The van der Waals surface area contributed by atoms with E-state index in [1.807, 2.05) is 11.3 Å². The fourth-order valence-corrected chi connectivity index (χ4v) is 5.94. The summed E-state index contributed by atoms with van der Waals surface area (Å²) in [6.07, 6.45) is 7.65. The molecule has 2 aromatic rings. The summed E-state index contributed by atoms with van der Waals surface area (Å²) in [4.78, 5) is 28.3. The van der Waals surface area contributed by atoms with Crippen LogP contribution in [0.15, 0.2) is 36.4 Å². The first-order valence-electron chi connectivity index (χ1n) is 9.86. The fraction of sp³-hybridized carbons (Fsp3) is 0.409. The van der Waals surface area contributed by atoms with Crippen LogP contribution in [0.2, 0.25) is 0 Å². The highest BCUT2D eigenvalue weighted by atomic mass is 32.1. The van der Waals surface area contributed by atoms with Crippen molar-refractivity contribution in [3.8, 4) is 11.3 Å². The molecule has 3 heterocycles. The zero-order chi connectivity index (χ0) is 20.5. The molecule has 0 spiro atoms. The molecule has 0 amide bonds. The summed E-state index contributed by atoms with van der Waals surface area (Å²) in [5.74, 6) is -1.80. The third-order valence-electron chi connectivity index (χ3n) is 6.15. The molecule has 2 N–H and O–H groups in total. The van der Waals surface area contributed by atoms with Crippen LogP contribution in [0.1, 0.15) is 47.0 Å². The van der Waals surface area contributed by atoms with E-state index in [0.29, 0.717) is 18.1 Å². The topological polar surface area (TPSA) is 90.7 Å². The number of thiazole rings is 1. The molecule has 2 aliphatic heterocycles. The van der Waals surface area contributed by atoms with Crippen LogP contribution in [0.25, 0.3) is 11.3 Å². The number of fused-ring (bicyclic) bond motifs is 5. The van der Waals surface area contributed by atoms with Crippen LogP contribution in [-0.2, 0) is 16.0 Å². The van der Waals surface area contributed by atoms with Gasteiger partial charge in [-0.05, 0) is 38.3 Å². The van der Waals surface area contributed by atoms with Gasteiger partial charge in [-0.1, -0.05) is 24.3 Å². The van der Waals surface area contributed by atoms with Gasteiger partial charge in [0.05, 0.1) is 10.7 Å². The highest BCUT2D eigenvalue weighted by Crippen LogP contribution is 2.46. The van der Waals surface area contributed by atoms with Crippen LogP contribution in [0.5, 0.6) is 0 Å². The number of benzene rings is 1. The zero-order valence-electron chi connectivity index (χ0n) is 16.2. The van der Waals surface area contributed by atoms with Gasteiger partial charge >= 0.3 is 11.9 Å². The number of carboxylic acids is 2. The molecule has 2 bridgehead atoms. The molecule has 2 saturated heterocycles. The number of aromatic nitrogens is 1. The maximum absolute atomic E-state index is 9.55. The first-order chi connectivity index (χ1) is 13.9. The van der Waals surface area contributed by atoms with Crippen molar-refractivity contribution in [1.82, 2.24) is 9.88 Å². The molecule has 0 unspecified atom stereocenters. The smallest absolute Gasteiger partial charge is 0.328 e. The van der Waals surface area contributed by atoms with Crippen molar-refractivity contribution in [3.63, 3.8) is 0 Å². The van der Waals surface area contributed by atoms with Crippen molar-refractivity contribution in [2.45, 2.75) is 50.1 Å². The Kier molecular flexibility index (Phi) is 5.52. The maximum atomic E-state index is 9.55. The van der Waals surface area contributed by atoms with Crippen LogP contribution in [0.4, 0.5) is 0 Å². The lowest BCUT2D eigenvalue weighted by atomic mass is 9.91. The maximum Gasteiger partial charge on any atom is 0.328 e. The number of carbonyl (C=O) groups is 2. The molecule has 1 aliphatic carbocycles. The largest absolute Gasteiger partial charge is 0.478 e. The fourth-order valence-electron chi connectivity index (χ4n) is 4.71. The Morgan fingerprint density at radius 3 is 2.34 bits per heavy atom. The number of carboxylic acid groups (broad SMARTS) is 2. The minimum Gasteiger partial charge on any atom is -0.478 e. The van der Waals surface area contributed by atoms with Crippen LogP contribution in [0.3, 0.4) is 0 Å². The second kappa shape index (κ2) is 8.08. The van der Waals surface area contributed by atoms with E-state index < -0.39 is 11.9 Å². The molecular weight excluding hydrogens is 388 g/mol. The van der Waals surface area contributed by atoms with Gasteiger partial charge in [-0.25, -0.2) is 14.6 Å². The second-order valence-corrected chi connectivity index (χ2v) is 9.00. The lowest BCUT2D eigenvalue weighted by Gasteiger charge is -2.35. The zero-order valence-corrected chi connectivity index (χ0v) is 17.1. The van der Waals surface area contributed by atoms with E-state index in [4.69, 9.17) is 15.2 Å². The summed E-state index contributed by atoms with van der Waals surface area (Å²) in [5.41, 5.74) is 4.13. The van der Waals surface area contributed by atoms with Gasteiger partial charge in [-0.3, -0.25) is 0 Å². The molecule has 6 nitrogen and oxygen atoms in total. The first kappa shape index (κ1) is 19.8. The summed E-state index contributed by atoms with van der Waals surface area (Å²) in [6.45, 7) is 0. The van der Waals surface area contributed by atoms with Crippen LogP contribution >= 0.6 is 11.3 Å². The Labute approximate surface area is 173 Å². The SMILES string of the molecule is CN1[C@@H]2CC[C@H]1C[C@H](c1nc3c(s1)Cc1ccccc1-3)C2.O=C(O)/C=C/C(=O)O. The van der Waals surface area contributed by atoms with Gasteiger partial charge in [0.1, 0.15) is 0 Å². The molecule has 0 radical (unpaired) electrons. The molecule has 5 rings (SSSR count). The van der Waals surface area contributed by atoms with Crippen LogP contribution in [-0.4, -0.2) is 51.2 Å². The third-order valence-corrected chi connectivity index (χ3v) is 7.37. The van der Waals surface area contributed by atoms with Crippen molar-refractivity contribution in [3.05, 3.63) is 51.9 Å². The predicted octanol–water partition coefficient (Wildman–Crippen LogP) is 3.77. The Hall–Kier alpha value is -2.51. The number of hydrogen-bond acceptors (Lipinski definition) is 5. The molecule has 1 aromatic carbocycles. The molecule has 1 aromatic heterocycles. The minimum atomic E-state index is -1.26. The van der Waals surface area contributed by atoms with E-state index in [0.717, 1.165) is 18.5 Å². The van der Waals surface area contributed by atoms with Crippen molar-refractivity contribution in [1.29, 1.82) is 0 Å². The molecule has 2 fully saturated rings. The van der Waals surface area contributed by atoms with Gasteiger partial charge in [-0.2, -0.15) is 0 Å². The average molecular weight is 413 g/mol. The van der Waals surface area contributed by atoms with Gasteiger partial charge in [0.2, 0.25) is 0 Å². The number of hydrogen-bond donors (Lipinski definition) is 2. The molecule has 0 saturated carbocycles. The van der Waals surface area contributed by atoms with E-state index in [1.54, 1.807) is 0 Å². The van der Waals surface area contributed by atoms with E-state index >= 15 is 0 Å². The highest BCUT2D eigenvalue weighted by molar-refractivity contribution is 7.12. The van der Waals surface area contributed by atoms with Gasteiger partial charge in [0, 0.05) is 47.0 Å². The first-order valence-corrected chi connectivity index (χ1v) is 10.7. The number of piperidine rings is 1. The minimum absolute atomic E-state index is 0.558. The predicted molar refractivity (Wildman–Crippen MR) is 111 cm³/mol. The van der Waals surface area contributed by atoms with E-state index in [1.165, 1.54) is 52.4 Å². The molecule has 29 heavy (non-hydrogen) atoms. The lowest BCUT2D eigenvalue weighted by molar-refractivity contribution is -0.134. The van der Waals surface area contributed by atoms with Gasteiger partial charge in [0.25, 0.3) is 0 Å². The van der Waals surface area contributed by atoms with Crippen molar-refractivity contribution < 1.29 is 19.8 Å². The van der Waals surface area contributed by atoms with Crippen molar-refractivity contribution >= 4 is 23.3 Å². The Balaban J connectivity index is 0.000000221. The monoisotopic (exact) mass is 412 g/mol. The number of aliphatic carboxylic acids is 2. The van der Waals surface area contributed by atoms with Crippen molar-refractivity contribution in [2.75, 3.05) is 7.05 Å². The summed E-state index contributed by atoms with van der Waals surface area (Å²) in [6, 6.07) is 10.4. The van der Waals surface area contributed by atoms with Gasteiger partial charge < -0.3 is 15.1 Å². The van der Waals surface area contributed by atoms with E-state index in [2.05, 4.69) is 36.2 Å². The number of nitrogens with zero attached hydrogens (tertiary/aromatic N) is 2. The number of rotatable bonds is 3. The second-order valence-electron chi connectivity index (χ2n) is 7.89. The summed E-state index contributed by atoms with van der Waals surface area (Å²) in [5, 5.41) is 17.0. The molecule has 7 heteroatoms. The molecule has 3 aliphatic rings. The highest BCUT2D eigenvalue weighted by Gasteiger charge is 2.40. The normalized spacial score (nSPS) is 24.7. The lowest BCUT2D eigenvalue weighted by Crippen LogP contribution is -2.39. The van der Waals surface area contributed by atoms with Crippen molar-refractivity contribution in [2.24, 2.45) is 0 Å². The van der Waals surface area contributed by atoms with E-state index in [-0.39, 0.29) is 0 Å². The quantitative estimate of drug-likeness (QED) is 0.637. The summed E-state index contributed by atoms with van der Waals surface area (Å²) in [7, 11) is 2.32. The van der Waals surface area contributed by atoms with E-state index in [9.17, 15) is 9.59 Å². The molecule has 152 valence electrons. The van der Waals surface area contributed by atoms with Gasteiger partial charge in [0.15, 0.2) is 0 Å². The Morgan fingerprint density at radius 2 is 1.72 bits per heavy atom. The average Bonchev–Trinajstić information content (AvgIpc) is 3.29. The molecule has 3 atom stereocenters. The summed E-state index contributed by atoms with van der Waals surface area (Å²) >= 11 is 1.99. The van der Waals surface area contributed by atoms with Crippen LogP contribution < -0.4 is 0 Å². The Morgan fingerprint density at radius 1 is 1.10 bits per heavy atom. The third kappa shape index (κ3) is 4.11. The summed E-state index contributed by atoms with van der Waals surface area (Å²) < 4.78 is 0. The standard InChI is InChI=1S/C18H20N2S.C4H4O4/c1-20-13-6-7-14(20)9-12(8-13)18-19-17-15-5-3-2-4-11(15)10-16(17)21-18;5-3(6)1-2-4(7)8/h2-5,12-14H,6-10H2,1H3;1-2H,(H,5,6)(H,7,8)/b;2-1+/t12-,13-,14+;. The van der Waals surface area contributed by atoms with Crippen LogP contribution in [0, 0.1) is 0 Å². The molecular formula is C22H24N2O4S. The van der Waals surface area contributed by atoms with Gasteiger partial charge in [-0.15, -0.1) is 11.3 Å². The Bertz CT molecular complexity index is 937.